The lowest BCUT2D eigenvalue weighted by atomic mass is 10.1. The van der Waals surface area contributed by atoms with E-state index in [2.05, 4.69) is 12.2 Å². The van der Waals surface area contributed by atoms with Gasteiger partial charge in [0.15, 0.2) is 0 Å². The van der Waals surface area contributed by atoms with Crippen molar-refractivity contribution in [1.29, 1.82) is 0 Å². The van der Waals surface area contributed by atoms with Crippen molar-refractivity contribution < 1.29 is 9.90 Å². The fourth-order valence-corrected chi connectivity index (χ4v) is 2.64. The van der Waals surface area contributed by atoms with Crippen LogP contribution >= 0.6 is 11.8 Å². The normalized spacial score (nSPS) is 23.4. The number of nitrogens with two attached hydrogens (primary N) is 1. The van der Waals surface area contributed by atoms with Crippen molar-refractivity contribution in [2.75, 3.05) is 5.75 Å². The molecule has 0 aromatic heterocycles. The topological polar surface area (TPSA) is 63.3 Å². The quantitative estimate of drug-likeness (QED) is 0.684. The molecule has 0 heterocycles. The standard InChI is InChI=1S/C10H17NO2S/c11-9(10(12)13)6-7-14-8-4-2-1-3-5-8/h2,4,8-9H,1,3,5-7,11H2,(H,12,13)/t8-,9-/m0/s1. The molecule has 3 nitrogen and oxygen atoms in total. The minimum atomic E-state index is -0.898. The van der Waals surface area contributed by atoms with Gasteiger partial charge in [0.05, 0.1) is 0 Å². The lowest BCUT2D eigenvalue weighted by Crippen LogP contribution is -2.30. The SMILES string of the molecule is N[C@@H](CCS[C@H]1C=CCCC1)C(=O)O. The van der Waals surface area contributed by atoms with E-state index in [1.807, 2.05) is 11.8 Å². The van der Waals surface area contributed by atoms with E-state index in [0.717, 1.165) is 5.75 Å². The number of hydrogen-bond acceptors (Lipinski definition) is 3. The minimum Gasteiger partial charge on any atom is -0.480 e. The lowest BCUT2D eigenvalue weighted by molar-refractivity contribution is -0.138. The Morgan fingerprint density at radius 2 is 2.50 bits per heavy atom. The summed E-state index contributed by atoms with van der Waals surface area (Å²) >= 11 is 1.81. The second-order valence-electron chi connectivity index (χ2n) is 3.50. The number of aliphatic carboxylic acids is 1. The van der Waals surface area contributed by atoms with Crippen LogP contribution in [0.5, 0.6) is 0 Å². The highest BCUT2D eigenvalue weighted by atomic mass is 32.2. The maximum Gasteiger partial charge on any atom is 0.320 e. The van der Waals surface area contributed by atoms with Gasteiger partial charge in [0.2, 0.25) is 0 Å². The van der Waals surface area contributed by atoms with Crippen LogP contribution in [0.25, 0.3) is 0 Å². The number of hydrogen-bond donors (Lipinski definition) is 2. The van der Waals surface area contributed by atoms with Crippen LogP contribution in [0.1, 0.15) is 25.7 Å². The number of carbonyl (C=O) groups is 1. The first-order valence-electron chi connectivity index (χ1n) is 4.97. The van der Waals surface area contributed by atoms with Crippen LogP contribution < -0.4 is 5.73 Å². The van der Waals surface area contributed by atoms with Gasteiger partial charge in [-0.2, -0.15) is 11.8 Å². The van der Waals surface area contributed by atoms with E-state index >= 15 is 0 Å². The van der Waals surface area contributed by atoms with Gasteiger partial charge in [-0.25, -0.2) is 0 Å². The largest absolute Gasteiger partial charge is 0.480 e. The van der Waals surface area contributed by atoms with Gasteiger partial charge in [-0.1, -0.05) is 12.2 Å². The average Bonchev–Trinajstić information content (AvgIpc) is 2.19. The second kappa shape index (κ2) is 6.09. The molecule has 0 bridgehead atoms. The molecule has 14 heavy (non-hydrogen) atoms. The average molecular weight is 215 g/mol. The molecule has 4 heteroatoms. The summed E-state index contributed by atoms with van der Waals surface area (Å²) < 4.78 is 0. The maximum atomic E-state index is 10.4. The first kappa shape index (κ1) is 11.6. The van der Waals surface area contributed by atoms with Crippen LogP contribution in [0.3, 0.4) is 0 Å². The molecular formula is C10H17NO2S. The predicted octanol–water partition coefficient (Wildman–Crippen LogP) is 1.63. The van der Waals surface area contributed by atoms with Gasteiger partial charge < -0.3 is 10.8 Å². The van der Waals surface area contributed by atoms with Crippen molar-refractivity contribution >= 4 is 17.7 Å². The molecule has 3 N–H and O–H groups in total. The molecule has 0 unspecified atom stereocenters. The summed E-state index contributed by atoms with van der Waals surface area (Å²) in [5.41, 5.74) is 5.40. The lowest BCUT2D eigenvalue weighted by Gasteiger charge is -2.16. The van der Waals surface area contributed by atoms with E-state index in [1.165, 1.54) is 19.3 Å². The summed E-state index contributed by atoms with van der Waals surface area (Å²) in [7, 11) is 0. The number of carboxylic acids is 1. The molecule has 0 radical (unpaired) electrons. The highest BCUT2D eigenvalue weighted by Gasteiger charge is 2.13. The molecule has 0 aliphatic heterocycles. The Morgan fingerprint density at radius 1 is 1.71 bits per heavy atom. The fourth-order valence-electron chi connectivity index (χ4n) is 1.39. The van der Waals surface area contributed by atoms with Gasteiger partial charge in [-0.05, 0) is 31.4 Å². The third kappa shape index (κ3) is 4.15. The molecule has 0 saturated carbocycles. The van der Waals surface area contributed by atoms with Crippen molar-refractivity contribution in [3.8, 4) is 0 Å². The Morgan fingerprint density at radius 3 is 3.07 bits per heavy atom. The minimum absolute atomic E-state index is 0.560. The summed E-state index contributed by atoms with van der Waals surface area (Å²) in [4.78, 5) is 10.4. The molecule has 1 aliphatic carbocycles. The zero-order valence-electron chi connectivity index (χ0n) is 8.19. The van der Waals surface area contributed by atoms with Gasteiger partial charge in [-0.3, -0.25) is 4.79 Å². The molecule has 80 valence electrons. The first-order chi connectivity index (χ1) is 6.70. The Kier molecular flexibility index (Phi) is 5.04. The maximum absolute atomic E-state index is 10.4. The van der Waals surface area contributed by atoms with Crippen LogP contribution in [0, 0.1) is 0 Å². The molecule has 0 saturated heterocycles. The smallest absolute Gasteiger partial charge is 0.320 e. The van der Waals surface area contributed by atoms with Crippen LogP contribution in [-0.4, -0.2) is 28.1 Å². The third-order valence-electron chi connectivity index (χ3n) is 2.29. The number of carboxylic acid groups (broad SMARTS) is 1. The number of allylic oxidation sites excluding steroid dienone is 1. The van der Waals surface area contributed by atoms with Crippen molar-refractivity contribution in [1.82, 2.24) is 0 Å². The Labute approximate surface area is 88.7 Å². The fraction of sp³-hybridized carbons (Fsp3) is 0.700. The second-order valence-corrected chi connectivity index (χ2v) is 4.85. The molecule has 0 amide bonds. The van der Waals surface area contributed by atoms with E-state index in [9.17, 15) is 4.79 Å². The van der Waals surface area contributed by atoms with Gasteiger partial charge in [0, 0.05) is 5.25 Å². The third-order valence-corrected chi connectivity index (χ3v) is 3.58. The van der Waals surface area contributed by atoms with E-state index in [0.29, 0.717) is 11.7 Å². The molecule has 1 aliphatic rings. The summed E-state index contributed by atoms with van der Waals surface area (Å²) in [6.07, 6.45) is 8.64. The van der Waals surface area contributed by atoms with Crippen LogP contribution in [0.2, 0.25) is 0 Å². The summed E-state index contributed by atoms with van der Waals surface area (Å²) in [6, 6.07) is -0.699. The van der Waals surface area contributed by atoms with Crippen molar-refractivity contribution in [3.63, 3.8) is 0 Å². The molecule has 2 atom stereocenters. The zero-order chi connectivity index (χ0) is 10.4. The predicted molar refractivity (Wildman–Crippen MR) is 59.5 cm³/mol. The van der Waals surface area contributed by atoms with Gasteiger partial charge in [-0.15, -0.1) is 0 Å². The van der Waals surface area contributed by atoms with E-state index < -0.39 is 12.0 Å². The zero-order valence-corrected chi connectivity index (χ0v) is 9.00. The number of thioether (sulfide) groups is 1. The van der Waals surface area contributed by atoms with Crippen LogP contribution in [0.15, 0.2) is 12.2 Å². The Balaban J connectivity index is 2.11. The van der Waals surface area contributed by atoms with E-state index in [4.69, 9.17) is 10.8 Å². The van der Waals surface area contributed by atoms with Gasteiger partial charge in [0.1, 0.15) is 6.04 Å². The van der Waals surface area contributed by atoms with Crippen LogP contribution in [0.4, 0.5) is 0 Å². The first-order valence-corrected chi connectivity index (χ1v) is 6.01. The van der Waals surface area contributed by atoms with Crippen molar-refractivity contribution in [2.45, 2.75) is 37.0 Å². The van der Waals surface area contributed by atoms with Gasteiger partial charge >= 0.3 is 5.97 Å². The van der Waals surface area contributed by atoms with E-state index in [1.54, 1.807) is 0 Å². The van der Waals surface area contributed by atoms with Crippen molar-refractivity contribution in [2.24, 2.45) is 5.73 Å². The van der Waals surface area contributed by atoms with Crippen molar-refractivity contribution in [3.05, 3.63) is 12.2 Å². The molecule has 0 fully saturated rings. The summed E-state index contributed by atoms with van der Waals surface area (Å²) in [5.74, 6) is -0.0626. The molecule has 0 spiro atoms. The molecule has 0 aromatic carbocycles. The highest BCUT2D eigenvalue weighted by molar-refractivity contribution is 8.00. The summed E-state index contributed by atoms with van der Waals surface area (Å²) in [6.45, 7) is 0. The number of rotatable bonds is 5. The van der Waals surface area contributed by atoms with Gasteiger partial charge in [0.25, 0.3) is 0 Å². The monoisotopic (exact) mass is 215 g/mol. The highest BCUT2D eigenvalue weighted by Crippen LogP contribution is 2.23. The molecular weight excluding hydrogens is 198 g/mol. The van der Waals surface area contributed by atoms with Crippen LogP contribution in [-0.2, 0) is 4.79 Å². The molecule has 0 aromatic rings. The summed E-state index contributed by atoms with van der Waals surface area (Å²) in [5, 5.41) is 9.14. The molecule has 1 rings (SSSR count). The van der Waals surface area contributed by atoms with E-state index in [-0.39, 0.29) is 0 Å². The Hall–Kier alpha value is -0.480. The Bertz CT molecular complexity index is 218.